The Morgan fingerprint density at radius 2 is 1.56 bits per heavy atom. The van der Waals surface area contributed by atoms with Crippen molar-refractivity contribution >= 4 is 39.7 Å². The number of aryl methyl sites for hydroxylation is 4. The topological polar surface area (TPSA) is 182 Å². The molecule has 0 bridgehead atoms. The molecule has 2 aromatic rings. The van der Waals surface area contributed by atoms with Gasteiger partial charge < -0.3 is 24.8 Å². The summed E-state index contributed by atoms with van der Waals surface area (Å²) >= 11 is 0. The summed E-state index contributed by atoms with van der Waals surface area (Å²) < 4.78 is 45.8. The van der Waals surface area contributed by atoms with Crippen LogP contribution in [-0.4, -0.2) is 82.3 Å². The number of carbonyl (C=O) groups excluding carboxylic acids is 4. The first-order chi connectivity index (χ1) is 26.7. The number of hydrogen-bond acceptors (Lipinski definition) is 10. The molecule has 3 N–H and O–H groups in total. The van der Waals surface area contributed by atoms with E-state index < -0.39 is 33.7 Å². The highest BCUT2D eigenvalue weighted by molar-refractivity contribution is 7.89. The van der Waals surface area contributed by atoms with Crippen molar-refractivity contribution in [3.63, 3.8) is 0 Å². The van der Waals surface area contributed by atoms with Gasteiger partial charge in [-0.05, 0) is 126 Å². The third-order valence-corrected chi connectivity index (χ3v) is 11.1. The van der Waals surface area contributed by atoms with Gasteiger partial charge in [0.25, 0.3) is 0 Å². The molecule has 1 atom stereocenters. The van der Waals surface area contributed by atoms with E-state index >= 15 is 0 Å². The fraction of sp³-hybridized carbons (Fsp3) is 0.643. The standard InChI is InChI=1S/C42H65N5O9S/c1-29-26-33(55-25-14-19-35(48)43-23-15-22-41(3,4)5)27-30(2)37(29)57(52,53)46-34(39(50)54-9)28-44-36(49)18-12-10-11-17-32-21-20-31-16-13-24-47(38(31)45-32)40(51)56-42(6,7)8/h20-21,26-27,34,46H,10-19,22-25,28H2,1-9H3,(H,43,48)(H,44,49)/t34-/m0/s1. The SMILES string of the molecule is COC(=O)[C@H](CNC(=O)CCCCCc1ccc2c(n1)N(C(=O)OC(C)(C)C)CCC2)NS(=O)(=O)c1c(C)cc(OCCCC(=O)NCCCC(C)(C)C)cc1C. The van der Waals surface area contributed by atoms with Gasteiger partial charge in [-0.25, -0.2) is 18.2 Å². The molecular formula is C42H65N5O9S. The van der Waals surface area contributed by atoms with E-state index in [2.05, 4.69) is 36.1 Å². The molecule has 0 fully saturated rings. The van der Waals surface area contributed by atoms with E-state index in [1.165, 1.54) is 0 Å². The van der Waals surface area contributed by atoms with Crippen molar-refractivity contribution in [2.45, 2.75) is 143 Å². The molecule has 318 valence electrons. The second kappa shape index (κ2) is 21.5. The first kappa shape index (κ1) is 47.1. The summed E-state index contributed by atoms with van der Waals surface area (Å²) in [7, 11) is -3.07. The van der Waals surface area contributed by atoms with Gasteiger partial charge in [-0.2, -0.15) is 4.72 Å². The van der Waals surface area contributed by atoms with Crippen molar-refractivity contribution in [3.8, 4) is 5.75 Å². The van der Waals surface area contributed by atoms with Crippen molar-refractivity contribution in [1.29, 1.82) is 0 Å². The molecule has 0 saturated heterocycles. The van der Waals surface area contributed by atoms with E-state index in [0.717, 1.165) is 56.9 Å². The maximum Gasteiger partial charge on any atom is 0.416 e. The van der Waals surface area contributed by atoms with Gasteiger partial charge in [-0.3, -0.25) is 19.3 Å². The van der Waals surface area contributed by atoms with Crippen LogP contribution >= 0.6 is 0 Å². The summed E-state index contributed by atoms with van der Waals surface area (Å²) in [5.74, 6) is -0.0825. The molecular weight excluding hydrogens is 751 g/mol. The Labute approximate surface area is 339 Å². The molecule has 0 saturated carbocycles. The van der Waals surface area contributed by atoms with Crippen LogP contribution in [0.15, 0.2) is 29.2 Å². The molecule has 1 aromatic carbocycles. The number of hydrogen-bond donors (Lipinski definition) is 3. The van der Waals surface area contributed by atoms with E-state index in [9.17, 15) is 27.6 Å². The van der Waals surface area contributed by atoms with Crippen LogP contribution < -0.4 is 25.0 Å². The highest BCUT2D eigenvalue weighted by Crippen LogP contribution is 2.28. The third kappa shape index (κ3) is 16.3. The lowest BCUT2D eigenvalue weighted by Crippen LogP contribution is -2.49. The molecule has 0 aliphatic carbocycles. The zero-order valence-corrected chi connectivity index (χ0v) is 36.3. The molecule has 3 amide bonds. The number of anilines is 1. The van der Waals surface area contributed by atoms with Gasteiger partial charge in [0.2, 0.25) is 21.8 Å². The zero-order valence-electron chi connectivity index (χ0n) is 35.5. The lowest BCUT2D eigenvalue weighted by molar-refractivity contribution is -0.142. The number of fused-ring (bicyclic) bond motifs is 1. The molecule has 1 aliphatic heterocycles. The Hall–Kier alpha value is -4.24. The van der Waals surface area contributed by atoms with Crippen LogP contribution in [0.25, 0.3) is 0 Å². The zero-order chi connectivity index (χ0) is 42.4. The molecule has 0 spiro atoms. The fourth-order valence-corrected chi connectivity index (χ4v) is 8.16. The van der Waals surface area contributed by atoms with Crippen molar-refractivity contribution in [2.75, 3.05) is 38.3 Å². The van der Waals surface area contributed by atoms with Gasteiger partial charge in [0.15, 0.2) is 0 Å². The number of esters is 1. The molecule has 0 radical (unpaired) electrons. The van der Waals surface area contributed by atoms with Crippen LogP contribution in [0.3, 0.4) is 0 Å². The van der Waals surface area contributed by atoms with Crippen molar-refractivity contribution in [1.82, 2.24) is 20.3 Å². The van der Waals surface area contributed by atoms with Gasteiger partial charge in [-0.1, -0.05) is 33.3 Å². The smallest absolute Gasteiger partial charge is 0.416 e. The number of nitrogens with one attached hydrogen (secondary N) is 3. The number of sulfonamides is 1. The number of benzene rings is 1. The first-order valence-corrected chi connectivity index (χ1v) is 21.5. The molecule has 1 aliphatic rings. The van der Waals surface area contributed by atoms with Crippen molar-refractivity contribution in [3.05, 3.63) is 46.6 Å². The number of methoxy groups -OCH3 is 1. The average Bonchev–Trinajstić information content (AvgIpc) is 3.11. The minimum Gasteiger partial charge on any atom is -0.494 e. The van der Waals surface area contributed by atoms with Crippen LogP contribution in [0.2, 0.25) is 0 Å². The second-order valence-electron chi connectivity index (χ2n) is 16.9. The van der Waals surface area contributed by atoms with Crippen molar-refractivity contribution in [2.24, 2.45) is 5.41 Å². The highest BCUT2D eigenvalue weighted by Gasteiger charge is 2.30. The van der Waals surface area contributed by atoms with Gasteiger partial charge in [0.1, 0.15) is 23.2 Å². The summed E-state index contributed by atoms with van der Waals surface area (Å²) in [6.07, 6.45) is 6.99. The molecule has 15 heteroatoms. The summed E-state index contributed by atoms with van der Waals surface area (Å²) in [4.78, 5) is 56.7. The minimum absolute atomic E-state index is 0.00400. The Kier molecular flexibility index (Phi) is 17.8. The number of rotatable bonds is 20. The lowest BCUT2D eigenvalue weighted by Gasteiger charge is -2.31. The van der Waals surface area contributed by atoms with E-state index in [1.54, 1.807) is 30.9 Å². The van der Waals surface area contributed by atoms with Gasteiger partial charge in [-0.15, -0.1) is 0 Å². The number of carbonyl (C=O) groups is 4. The Morgan fingerprint density at radius 3 is 2.21 bits per heavy atom. The molecule has 1 aromatic heterocycles. The number of nitrogens with zero attached hydrogens (tertiary/aromatic N) is 2. The maximum absolute atomic E-state index is 13.6. The normalized spacial score (nSPS) is 13.7. The average molecular weight is 816 g/mol. The molecule has 2 heterocycles. The van der Waals surface area contributed by atoms with E-state index in [4.69, 9.17) is 19.2 Å². The predicted molar refractivity (Wildman–Crippen MR) is 220 cm³/mol. The number of aromatic nitrogens is 1. The van der Waals surface area contributed by atoms with E-state index in [-0.39, 0.29) is 41.7 Å². The van der Waals surface area contributed by atoms with Gasteiger partial charge >= 0.3 is 12.1 Å². The number of pyridine rings is 1. The Morgan fingerprint density at radius 1 is 0.895 bits per heavy atom. The van der Waals surface area contributed by atoms with Crippen LogP contribution in [-0.2, 0) is 46.7 Å². The summed E-state index contributed by atoms with van der Waals surface area (Å²) in [5, 5.41) is 5.60. The summed E-state index contributed by atoms with van der Waals surface area (Å²) in [6, 6.07) is 5.84. The monoisotopic (exact) mass is 815 g/mol. The molecule has 14 nitrogen and oxygen atoms in total. The Bertz CT molecular complexity index is 1780. The van der Waals surface area contributed by atoms with Crippen LogP contribution in [0.4, 0.5) is 10.6 Å². The quantitative estimate of drug-likeness (QED) is 0.102. The van der Waals surface area contributed by atoms with Crippen LogP contribution in [0.5, 0.6) is 5.75 Å². The number of amides is 3. The summed E-state index contributed by atoms with van der Waals surface area (Å²) in [5.41, 5.74) is 2.31. The molecule has 3 rings (SSSR count). The third-order valence-electron chi connectivity index (χ3n) is 9.28. The second-order valence-corrected chi connectivity index (χ2v) is 18.6. The van der Waals surface area contributed by atoms with Gasteiger partial charge in [0.05, 0.1) is 18.6 Å². The number of unbranched alkanes of at least 4 members (excludes halogenated alkanes) is 2. The highest BCUT2D eigenvalue weighted by atomic mass is 32.2. The lowest BCUT2D eigenvalue weighted by atomic mass is 9.91. The largest absolute Gasteiger partial charge is 0.494 e. The van der Waals surface area contributed by atoms with Crippen LogP contribution in [0, 0.1) is 19.3 Å². The summed E-state index contributed by atoms with van der Waals surface area (Å²) in [6.45, 7) is 16.5. The van der Waals surface area contributed by atoms with Crippen LogP contribution in [0.1, 0.15) is 122 Å². The molecule has 0 unspecified atom stereocenters. The number of ether oxygens (including phenoxy) is 3. The Balaban J connectivity index is 1.46. The molecule has 57 heavy (non-hydrogen) atoms. The van der Waals surface area contributed by atoms with E-state index in [1.807, 2.05) is 32.9 Å². The first-order valence-electron chi connectivity index (χ1n) is 20.1. The van der Waals surface area contributed by atoms with Gasteiger partial charge in [0, 0.05) is 38.2 Å². The fourth-order valence-electron chi connectivity index (χ4n) is 6.52. The van der Waals surface area contributed by atoms with E-state index in [0.29, 0.717) is 61.5 Å². The predicted octanol–water partition coefficient (Wildman–Crippen LogP) is 6.23. The minimum atomic E-state index is -4.22. The van der Waals surface area contributed by atoms with Crippen molar-refractivity contribution < 1.29 is 41.8 Å². The maximum atomic E-state index is 13.6.